The second kappa shape index (κ2) is 12.7. The summed E-state index contributed by atoms with van der Waals surface area (Å²) >= 11 is 5.78. The first-order chi connectivity index (χ1) is 15.4. The summed E-state index contributed by atoms with van der Waals surface area (Å²) in [6.07, 6.45) is 1.31. The Balaban J connectivity index is 0.000000654. The lowest BCUT2D eigenvalue weighted by atomic mass is 10.2. The van der Waals surface area contributed by atoms with Crippen LogP contribution in [0.3, 0.4) is 0 Å². The average molecular weight is 469 g/mol. The van der Waals surface area contributed by atoms with Gasteiger partial charge in [-0.3, -0.25) is 10.1 Å². The summed E-state index contributed by atoms with van der Waals surface area (Å²) in [4.78, 5) is 19.1. The molecule has 0 aliphatic heterocycles. The Kier molecular flexibility index (Phi) is 9.95. The molecule has 12 heteroatoms. The van der Waals surface area contributed by atoms with Crippen LogP contribution in [0.1, 0.15) is 0 Å². The minimum atomic E-state index is -0.553. The van der Waals surface area contributed by atoms with Crippen molar-refractivity contribution < 1.29 is 28.6 Å². The molecular weight excluding hydrogens is 447 g/mol. The van der Waals surface area contributed by atoms with Crippen molar-refractivity contribution in [3.63, 3.8) is 0 Å². The highest BCUT2D eigenvalue weighted by molar-refractivity contribution is 6.31. The molecule has 0 saturated heterocycles. The number of rotatable bonds is 9. The number of aliphatic hydroxyl groups excluding tert-OH is 1. The molecule has 0 bridgehead atoms. The molecule has 3 aromatic rings. The van der Waals surface area contributed by atoms with Crippen molar-refractivity contribution in [3.05, 3.63) is 57.6 Å². The van der Waals surface area contributed by atoms with Gasteiger partial charge in [0.25, 0.3) is 0 Å². The van der Waals surface area contributed by atoms with E-state index in [0.717, 1.165) is 0 Å². The second-order valence-electron chi connectivity index (χ2n) is 6.13. The maximum atomic E-state index is 13.3. The predicted molar refractivity (Wildman–Crippen MR) is 117 cm³/mol. The molecule has 3 rings (SSSR count). The number of nitrogens with zero attached hydrogens (tertiary/aromatic N) is 3. The average Bonchev–Trinajstić information content (AvgIpc) is 2.77. The number of nitro groups is 1. The number of fused-ring (bicyclic) bond motifs is 1. The van der Waals surface area contributed by atoms with Gasteiger partial charge in [-0.25, -0.2) is 14.4 Å². The van der Waals surface area contributed by atoms with E-state index in [1.807, 2.05) is 0 Å². The van der Waals surface area contributed by atoms with Crippen LogP contribution in [0.2, 0.25) is 5.02 Å². The SMILES string of the molecule is COCCO.COCCOc1cc2ncnc(Nc3ccc(F)c(Cl)c3)c2cc1[N+](=O)[O-]. The summed E-state index contributed by atoms with van der Waals surface area (Å²) in [6.45, 7) is 1.01. The molecule has 2 aromatic carbocycles. The van der Waals surface area contributed by atoms with E-state index in [0.29, 0.717) is 29.0 Å². The molecule has 32 heavy (non-hydrogen) atoms. The molecule has 0 aliphatic rings. The first kappa shape index (κ1) is 25.1. The first-order valence-electron chi connectivity index (χ1n) is 9.28. The van der Waals surface area contributed by atoms with Gasteiger partial charge in [-0.05, 0) is 18.2 Å². The van der Waals surface area contributed by atoms with Crippen LogP contribution < -0.4 is 10.1 Å². The number of benzene rings is 2. The third-order valence-corrected chi connectivity index (χ3v) is 4.23. The van der Waals surface area contributed by atoms with Gasteiger partial charge in [0, 0.05) is 32.0 Å². The molecule has 0 aliphatic carbocycles. The molecule has 1 heterocycles. The number of nitro benzene ring substituents is 1. The standard InChI is InChI=1S/C17H14ClFN4O4.C3H8O2/c1-26-4-5-27-16-8-14-11(7-15(16)23(24)25)17(21-9-20-14)22-10-2-3-13(19)12(18)6-10;1-5-3-2-4/h2-3,6-9H,4-5H2,1H3,(H,20,21,22);4H,2-3H2,1H3. The number of hydrogen-bond donors (Lipinski definition) is 2. The number of anilines is 2. The van der Waals surface area contributed by atoms with E-state index in [1.165, 1.54) is 43.8 Å². The maximum absolute atomic E-state index is 13.3. The van der Waals surface area contributed by atoms with Crippen molar-refractivity contribution in [2.45, 2.75) is 0 Å². The number of nitrogens with one attached hydrogen (secondary N) is 1. The van der Waals surface area contributed by atoms with Gasteiger partial charge in [0.2, 0.25) is 0 Å². The largest absolute Gasteiger partial charge is 0.484 e. The van der Waals surface area contributed by atoms with Crippen molar-refractivity contribution in [2.24, 2.45) is 0 Å². The third kappa shape index (κ3) is 6.95. The lowest BCUT2D eigenvalue weighted by Crippen LogP contribution is -2.06. The molecule has 10 nitrogen and oxygen atoms in total. The Morgan fingerprint density at radius 1 is 1.16 bits per heavy atom. The van der Waals surface area contributed by atoms with Gasteiger partial charge >= 0.3 is 5.69 Å². The lowest BCUT2D eigenvalue weighted by Gasteiger charge is -2.11. The molecule has 0 radical (unpaired) electrons. The Morgan fingerprint density at radius 3 is 2.50 bits per heavy atom. The number of methoxy groups -OCH3 is 2. The van der Waals surface area contributed by atoms with Gasteiger partial charge in [-0.2, -0.15) is 0 Å². The fraction of sp³-hybridized carbons (Fsp3) is 0.300. The normalized spacial score (nSPS) is 10.4. The Labute approximate surface area is 188 Å². The molecule has 172 valence electrons. The predicted octanol–water partition coefficient (Wildman–Crippen LogP) is 3.72. The van der Waals surface area contributed by atoms with Crippen molar-refractivity contribution in [2.75, 3.05) is 46.0 Å². The molecule has 0 atom stereocenters. The zero-order chi connectivity index (χ0) is 23.5. The van der Waals surface area contributed by atoms with E-state index < -0.39 is 10.7 Å². The van der Waals surface area contributed by atoms with Gasteiger partial charge in [0.1, 0.15) is 24.6 Å². The van der Waals surface area contributed by atoms with Crippen LogP contribution in [0, 0.1) is 15.9 Å². The maximum Gasteiger partial charge on any atom is 0.311 e. The quantitative estimate of drug-likeness (QED) is 0.274. The molecule has 0 unspecified atom stereocenters. The Bertz CT molecular complexity index is 1050. The van der Waals surface area contributed by atoms with E-state index in [4.69, 9.17) is 26.2 Å². The zero-order valence-electron chi connectivity index (χ0n) is 17.4. The number of aromatic nitrogens is 2. The van der Waals surface area contributed by atoms with Gasteiger partial charge in [-0.1, -0.05) is 11.6 Å². The number of ether oxygens (including phenoxy) is 3. The lowest BCUT2D eigenvalue weighted by molar-refractivity contribution is -0.385. The molecule has 0 fully saturated rings. The zero-order valence-corrected chi connectivity index (χ0v) is 18.1. The summed E-state index contributed by atoms with van der Waals surface area (Å²) in [5.41, 5.74) is 0.691. The van der Waals surface area contributed by atoms with Crippen LogP contribution in [0.15, 0.2) is 36.7 Å². The van der Waals surface area contributed by atoms with Crippen LogP contribution in [-0.4, -0.2) is 60.6 Å². The summed E-state index contributed by atoms with van der Waals surface area (Å²) in [5, 5.41) is 22.7. The van der Waals surface area contributed by atoms with Gasteiger partial charge in [0.05, 0.1) is 40.7 Å². The molecule has 1 aromatic heterocycles. The minimum Gasteiger partial charge on any atom is -0.484 e. The minimum absolute atomic E-state index is 0.0572. The van der Waals surface area contributed by atoms with E-state index in [9.17, 15) is 14.5 Å². The van der Waals surface area contributed by atoms with E-state index >= 15 is 0 Å². The molecule has 0 saturated carbocycles. The van der Waals surface area contributed by atoms with Crippen molar-refractivity contribution >= 4 is 39.7 Å². The third-order valence-electron chi connectivity index (χ3n) is 3.94. The fourth-order valence-corrected chi connectivity index (χ4v) is 2.65. The van der Waals surface area contributed by atoms with Crippen molar-refractivity contribution in [3.8, 4) is 5.75 Å². The summed E-state index contributed by atoms with van der Waals surface area (Å²) < 4.78 is 28.1. The van der Waals surface area contributed by atoms with Gasteiger partial charge in [0.15, 0.2) is 5.75 Å². The first-order valence-corrected chi connectivity index (χ1v) is 9.65. The Morgan fingerprint density at radius 2 is 1.91 bits per heavy atom. The van der Waals surface area contributed by atoms with E-state index in [1.54, 1.807) is 7.11 Å². The summed E-state index contributed by atoms with van der Waals surface area (Å²) in [7, 11) is 3.06. The molecule has 2 N–H and O–H groups in total. The number of hydrogen-bond acceptors (Lipinski definition) is 9. The molecule has 0 spiro atoms. The second-order valence-corrected chi connectivity index (χ2v) is 6.54. The summed E-state index contributed by atoms with van der Waals surface area (Å²) in [6, 6.07) is 6.87. The van der Waals surface area contributed by atoms with Gasteiger partial charge in [-0.15, -0.1) is 0 Å². The highest BCUT2D eigenvalue weighted by atomic mass is 35.5. The molecule has 0 amide bonds. The fourth-order valence-electron chi connectivity index (χ4n) is 2.47. The van der Waals surface area contributed by atoms with Gasteiger partial charge < -0.3 is 24.6 Å². The van der Waals surface area contributed by atoms with Crippen molar-refractivity contribution in [1.82, 2.24) is 9.97 Å². The number of aliphatic hydroxyl groups is 1. The smallest absolute Gasteiger partial charge is 0.311 e. The van der Waals surface area contributed by atoms with Crippen LogP contribution in [-0.2, 0) is 9.47 Å². The Hall–Kier alpha value is -3.12. The molecular formula is C20H22ClFN4O6. The van der Waals surface area contributed by atoms with E-state index in [-0.39, 0.29) is 36.3 Å². The van der Waals surface area contributed by atoms with Crippen molar-refractivity contribution in [1.29, 1.82) is 0 Å². The highest BCUT2D eigenvalue weighted by Gasteiger charge is 2.19. The van der Waals surface area contributed by atoms with E-state index in [2.05, 4.69) is 20.0 Å². The van der Waals surface area contributed by atoms with Crippen LogP contribution in [0.4, 0.5) is 21.6 Å². The van der Waals surface area contributed by atoms with Crippen LogP contribution in [0.25, 0.3) is 10.9 Å². The monoisotopic (exact) mass is 468 g/mol. The highest BCUT2D eigenvalue weighted by Crippen LogP contribution is 2.34. The van der Waals surface area contributed by atoms with Crippen LogP contribution in [0.5, 0.6) is 5.75 Å². The topological polar surface area (TPSA) is 129 Å². The summed E-state index contributed by atoms with van der Waals surface area (Å²) in [5.74, 6) is -0.156. The number of halogens is 2. The van der Waals surface area contributed by atoms with Crippen LogP contribution >= 0.6 is 11.6 Å².